The van der Waals surface area contributed by atoms with E-state index in [-0.39, 0.29) is 0 Å². The third-order valence-electron chi connectivity index (χ3n) is 4.97. The van der Waals surface area contributed by atoms with Crippen molar-refractivity contribution in [3.8, 4) is 0 Å². The Kier molecular flexibility index (Phi) is 4.97. The molecule has 0 radical (unpaired) electrons. The average Bonchev–Trinajstić information content (AvgIpc) is 2.46. The zero-order valence-electron chi connectivity index (χ0n) is 12.9. The largest absolute Gasteiger partial charge is 0.365 e. The van der Waals surface area contributed by atoms with Gasteiger partial charge in [-0.2, -0.15) is 0 Å². The summed E-state index contributed by atoms with van der Waals surface area (Å²) in [5.41, 5.74) is 1.35. The van der Waals surface area contributed by atoms with Gasteiger partial charge < -0.3 is 4.90 Å². The van der Waals surface area contributed by atoms with E-state index in [9.17, 15) is 0 Å². The number of piperazine rings is 1. The van der Waals surface area contributed by atoms with Gasteiger partial charge in [-0.3, -0.25) is 4.90 Å². The summed E-state index contributed by atoms with van der Waals surface area (Å²) in [6.07, 6.45) is 4.13. The summed E-state index contributed by atoms with van der Waals surface area (Å²) in [5, 5.41) is 0. The van der Waals surface area contributed by atoms with E-state index in [4.69, 9.17) is 0 Å². The lowest BCUT2D eigenvalue weighted by molar-refractivity contribution is 0.100. The highest BCUT2D eigenvalue weighted by Gasteiger charge is 2.36. The van der Waals surface area contributed by atoms with E-state index in [1.807, 2.05) is 0 Å². The van der Waals surface area contributed by atoms with Crippen molar-refractivity contribution in [3.63, 3.8) is 0 Å². The van der Waals surface area contributed by atoms with Crippen LogP contribution in [0, 0.1) is 5.92 Å². The Labute approximate surface area is 145 Å². The molecule has 2 fully saturated rings. The molecule has 116 valence electrons. The van der Waals surface area contributed by atoms with Crippen LogP contribution in [0.3, 0.4) is 0 Å². The van der Waals surface area contributed by atoms with E-state index in [2.05, 4.69) is 73.7 Å². The van der Waals surface area contributed by atoms with Gasteiger partial charge in [0.15, 0.2) is 0 Å². The number of halogens is 2. The average molecular weight is 416 g/mol. The summed E-state index contributed by atoms with van der Waals surface area (Å²) in [6, 6.07) is 7.92. The van der Waals surface area contributed by atoms with E-state index >= 15 is 0 Å². The Morgan fingerprint density at radius 3 is 2.67 bits per heavy atom. The maximum atomic E-state index is 3.76. The van der Waals surface area contributed by atoms with Crippen molar-refractivity contribution in [2.24, 2.45) is 5.92 Å². The first-order chi connectivity index (χ1) is 10.1. The van der Waals surface area contributed by atoms with Gasteiger partial charge >= 0.3 is 0 Å². The van der Waals surface area contributed by atoms with Crippen LogP contribution >= 0.6 is 31.9 Å². The Morgan fingerprint density at radius 2 is 1.95 bits per heavy atom. The standard InChI is InChI=1S/C17H24Br2N2/c1-12(2)17-11-20-8-4-3-5-14(20)10-21(17)16-7-6-13(18)9-15(16)19/h6-7,9,12,14,17H,3-5,8,10-11H2,1-2H3. The topological polar surface area (TPSA) is 6.48 Å². The second kappa shape index (κ2) is 6.59. The SMILES string of the molecule is CC(C)C1CN2CCCCC2CN1c1ccc(Br)cc1Br. The van der Waals surface area contributed by atoms with Crippen LogP contribution in [-0.4, -0.2) is 36.6 Å². The van der Waals surface area contributed by atoms with E-state index in [1.165, 1.54) is 49.1 Å². The van der Waals surface area contributed by atoms with Crippen LogP contribution in [0.5, 0.6) is 0 Å². The molecule has 3 rings (SSSR count). The lowest BCUT2D eigenvalue weighted by Crippen LogP contribution is -2.61. The van der Waals surface area contributed by atoms with Crippen molar-refractivity contribution in [3.05, 3.63) is 27.1 Å². The molecule has 0 bridgehead atoms. The maximum absolute atomic E-state index is 3.76. The minimum Gasteiger partial charge on any atom is -0.365 e. The molecule has 0 spiro atoms. The molecule has 2 heterocycles. The van der Waals surface area contributed by atoms with E-state index in [0.29, 0.717) is 12.0 Å². The molecular weight excluding hydrogens is 392 g/mol. The number of anilines is 1. The van der Waals surface area contributed by atoms with Crippen LogP contribution in [0.2, 0.25) is 0 Å². The molecule has 4 heteroatoms. The summed E-state index contributed by atoms with van der Waals surface area (Å²) >= 11 is 7.33. The molecule has 2 saturated heterocycles. The van der Waals surface area contributed by atoms with Crippen molar-refractivity contribution in [1.82, 2.24) is 4.90 Å². The number of fused-ring (bicyclic) bond motifs is 1. The van der Waals surface area contributed by atoms with Gasteiger partial charge in [-0.1, -0.05) is 36.2 Å². The van der Waals surface area contributed by atoms with E-state index < -0.39 is 0 Å². The number of nitrogens with zero attached hydrogens (tertiary/aromatic N) is 2. The number of piperidine rings is 1. The molecule has 0 aliphatic carbocycles. The molecule has 21 heavy (non-hydrogen) atoms. The van der Waals surface area contributed by atoms with Gasteiger partial charge in [0.1, 0.15) is 0 Å². The van der Waals surface area contributed by atoms with Crippen molar-refractivity contribution in [2.45, 2.75) is 45.2 Å². The predicted molar refractivity (Wildman–Crippen MR) is 97.0 cm³/mol. The molecule has 2 unspecified atom stereocenters. The Hall–Kier alpha value is -0.0600. The molecule has 2 nitrogen and oxygen atoms in total. The van der Waals surface area contributed by atoms with Gasteiger partial charge in [0.05, 0.1) is 5.69 Å². The number of rotatable bonds is 2. The normalized spacial score (nSPS) is 27.0. The minimum absolute atomic E-state index is 0.608. The first-order valence-corrected chi connectivity index (χ1v) is 9.60. The van der Waals surface area contributed by atoms with Crippen LogP contribution in [0.1, 0.15) is 33.1 Å². The summed E-state index contributed by atoms with van der Waals surface area (Å²) in [5.74, 6) is 0.670. The van der Waals surface area contributed by atoms with Gasteiger partial charge in [-0.15, -0.1) is 0 Å². The molecule has 0 saturated carbocycles. The fraction of sp³-hybridized carbons (Fsp3) is 0.647. The Morgan fingerprint density at radius 1 is 1.14 bits per heavy atom. The third kappa shape index (κ3) is 3.32. The summed E-state index contributed by atoms with van der Waals surface area (Å²) in [7, 11) is 0. The van der Waals surface area contributed by atoms with E-state index in [0.717, 1.165) is 10.5 Å². The Balaban J connectivity index is 1.90. The maximum Gasteiger partial charge on any atom is 0.0515 e. The van der Waals surface area contributed by atoms with Gasteiger partial charge in [-0.25, -0.2) is 0 Å². The second-order valence-electron chi connectivity index (χ2n) is 6.70. The highest BCUT2D eigenvalue weighted by molar-refractivity contribution is 9.11. The molecule has 2 aliphatic rings. The quantitative estimate of drug-likeness (QED) is 0.676. The van der Waals surface area contributed by atoms with Gasteiger partial charge in [0, 0.05) is 34.1 Å². The lowest BCUT2D eigenvalue weighted by Gasteiger charge is -2.51. The zero-order chi connectivity index (χ0) is 15.0. The summed E-state index contributed by atoms with van der Waals surface area (Å²) in [6.45, 7) is 8.39. The van der Waals surface area contributed by atoms with Crippen LogP contribution < -0.4 is 4.90 Å². The van der Waals surface area contributed by atoms with Crippen LogP contribution in [0.25, 0.3) is 0 Å². The third-order valence-corrected chi connectivity index (χ3v) is 6.10. The summed E-state index contributed by atoms with van der Waals surface area (Å²) in [4.78, 5) is 5.38. The highest BCUT2D eigenvalue weighted by Crippen LogP contribution is 2.36. The molecule has 1 aromatic rings. The fourth-order valence-corrected chi connectivity index (χ4v) is 5.05. The van der Waals surface area contributed by atoms with Gasteiger partial charge in [-0.05, 0) is 59.4 Å². The molecule has 0 aromatic heterocycles. The molecule has 1 aromatic carbocycles. The molecule has 0 N–H and O–H groups in total. The highest BCUT2D eigenvalue weighted by atomic mass is 79.9. The fourth-order valence-electron chi connectivity index (χ4n) is 3.77. The van der Waals surface area contributed by atoms with Crippen molar-refractivity contribution >= 4 is 37.5 Å². The van der Waals surface area contributed by atoms with E-state index in [1.54, 1.807) is 0 Å². The van der Waals surface area contributed by atoms with Crippen LogP contribution in [0.15, 0.2) is 27.1 Å². The number of hydrogen-bond acceptors (Lipinski definition) is 2. The van der Waals surface area contributed by atoms with Crippen molar-refractivity contribution in [2.75, 3.05) is 24.5 Å². The first kappa shape index (κ1) is 15.8. The lowest BCUT2D eigenvalue weighted by atomic mass is 9.91. The molecule has 2 aliphatic heterocycles. The van der Waals surface area contributed by atoms with Crippen LogP contribution in [0.4, 0.5) is 5.69 Å². The van der Waals surface area contributed by atoms with Crippen LogP contribution in [-0.2, 0) is 0 Å². The first-order valence-electron chi connectivity index (χ1n) is 8.02. The van der Waals surface area contributed by atoms with Gasteiger partial charge in [0.25, 0.3) is 0 Å². The monoisotopic (exact) mass is 414 g/mol. The summed E-state index contributed by atoms with van der Waals surface area (Å²) < 4.78 is 2.34. The number of benzene rings is 1. The molecule has 0 amide bonds. The molecule has 2 atom stereocenters. The Bertz CT molecular complexity index is 504. The predicted octanol–water partition coefficient (Wildman–Crippen LogP) is 4.91. The number of hydrogen-bond donors (Lipinski definition) is 0. The molecular formula is C17H24Br2N2. The van der Waals surface area contributed by atoms with Crippen molar-refractivity contribution < 1.29 is 0 Å². The van der Waals surface area contributed by atoms with Gasteiger partial charge in [0.2, 0.25) is 0 Å². The van der Waals surface area contributed by atoms with Crippen molar-refractivity contribution in [1.29, 1.82) is 0 Å². The smallest absolute Gasteiger partial charge is 0.0515 e. The minimum atomic E-state index is 0.608. The second-order valence-corrected chi connectivity index (χ2v) is 8.47. The zero-order valence-corrected chi connectivity index (χ0v) is 16.0.